The van der Waals surface area contributed by atoms with Crippen LogP contribution in [-0.2, 0) is 4.57 Å². The van der Waals surface area contributed by atoms with Crippen molar-refractivity contribution >= 4 is 19.7 Å². The molecule has 0 unspecified atom stereocenters. The molecular weight excluding hydrogens is 199 g/mol. The minimum atomic E-state index is -4.05. The highest BCUT2D eigenvalue weighted by molar-refractivity contribution is 7.55. The summed E-state index contributed by atoms with van der Waals surface area (Å²) in [6, 6.07) is 7.19. The molecule has 74 valence electrons. The van der Waals surface area contributed by atoms with Crippen LogP contribution >= 0.6 is 7.60 Å². The first-order valence-electron chi connectivity index (χ1n) is 3.98. The second-order valence-corrected chi connectivity index (χ2v) is 4.25. The third kappa shape index (κ3) is 3.71. The molecule has 2 N–H and O–H groups in total. The molecule has 0 saturated carbocycles. The van der Waals surface area contributed by atoms with Crippen molar-refractivity contribution in [3.05, 3.63) is 47.8 Å². The molecule has 0 heterocycles. The fourth-order valence-electron chi connectivity index (χ4n) is 0.926. The van der Waals surface area contributed by atoms with Crippen LogP contribution in [0.1, 0.15) is 11.1 Å². The molecule has 0 aliphatic rings. The quantitative estimate of drug-likeness (QED) is 0.753. The maximum atomic E-state index is 10.5. The van der Waals surface area contributed by atoms with Gasteiger partial charge in [0.1, 0.15) is 0 Å². The normalized spacial score (nSPS) is 11.9. The second-order valence-electron chi connectivity index (χ2n) is 2.78. The monoisotopic (exact) mass is 210 g/mol. The Morgan fingerprint density at radius 3 is 2.07 bits per heavy atom. The Labute approximate surface area is 82.6 Å². The SMILES string of the molecule is C=Cc1ccc(C=CP(=O)(O)O)cc1. The van der Waals surface area contributed by atoms with Crippen molar-refractivity contribution in [3.8, 4) is 0 Å². The van der Waals surface area contributed by atoms with Gasteiger partial charge in [0.05, 0.1) is 0 Å². The minimum Gasteiger partial charge on any atom is -0.321 e. The third-order valence-corrected chi connectivity index (χ3v) is 2.17. The molecule has 4 heteroatoms. The van der Waals surface area contributed by atoms with E-state index in [-0.39, 0.29) is 0 Å². The van der Waals surface area contributed by atoms with Crippen molar-refractivity contribution in [2.45, 2.75) is 0 Å². The maximum absolute atomic E-state index is 10.5. The Kier molecular flexibility index (Phi) is 3.42. The Bertz CT molecular complexity index is 386. The molecule has 1 rings (SSSR count). The Morgan fingerprint density at radius 2 is 1.64 bits per heavy atom. The molecule has 14 heavy (non-hydrogen) atoms. The average Bonchev–Trinajstić information content (AvgIpc) is 2.14. The van der Waals surface area contributed by atoms with Crippen LogP contribution in [0.5, 0.6) is 0 Å². The van der Waals surface area contributed by atoms with Gasteiger partial charge in [-0.25, -0.2) is 0 Å². The maximum Gasteiger partial charge on any atom is 0.349 e. The molecular formula is C10H11O3P. The molecule has 0 bridgehead atoms. The first-order chi connectivity index (χ1) is 6.51. The van der Waals surface area contributed by atoms with Gasteiger partial charge in [0.2, 0.25) is 0 Å². The molecule has 1 aromatic rings. The first-order valence-corrected chi connectivity index (χ1v) is 5.66. The summed E-state index contributed by atoms with van der Waals surface area (Å²) in [7, 11) is -4.05. The summed E-state index contributed by atoms with van der Waals surface area (Å²) in [6.45, 7) is 3.60. The summed E-state index contributed by atoms with van der Waals surface area (Å²) in [5.74, 6) is 0.885. The lowest BCUT2D eigenvalue weighted by Gasteiger charge is -1.96. The molecule has 0 fully saturated rings. The molecule has 0 aromatic heterocycles. The van der Waals surface area contributed by atoms with Crippen molar-refractivity contribution in [2.24, 2.45) is 0 Å². The molecule has 0 aliphatic heterocycles. The van der Waals surface area contributed by atoms with Crippen LogP contribution in [0.25, 0.3) is 12.2 Å². The van der Waals surface area contributed by atoms with Gasteiger partial charge in [0.25, 0.3) is 0 Å². The topological polar surface area (TPSA) is 57.5 Å². The summed E-state index contributed by atoms with van der Waals surface area (Å²) in [5, 5.41) is 0. The van der Waals surface area contributed by atoms with E-state index >= 15 is 0 Å². The van der Waals surface area contributed by atoms with E-state index in [9.17, 15) is 4.57 Å². The van der Waals surface area contributed by atoms with Crippen molar-refractivity contribution < 1.29 is 14.4 Å². The van der Waals surface area contributed by atoms with Crippen molar-refractivity contribution in [1.29, 1.82) is 0 Å². The van der Waals surface area contributed by atoms with Crippen LogP contribution in [0.4, 0.5) is 0 Å². The highest BCUT2D eigenvalue weighted by atomic mass is 31.2. The Morgan fingerprint density at radius 1 is 1.14 bits per heavy atom. The van der Waals surface area contributed by atoms with Gasteiger partial charge in [0, 0.05) is 5.82 Å². The van der Waals surface area contributed by atoms with Gasteiger partial charge >= 0.3 is 7.60 Å². The molecule has 0 spiro atoms. The predicted molar refractivity (Wildman–Crippen MR) is 57.6 cm³/mol. The Hall–Kier alpha value is -1.15. The smallest absolute Gasteiger partial charge is 0.321 e. The van der Waals surface area contributed by atoms with Crippen LogP contribution in [0.2, 0.25) is 0 Å². The molecule has 0 aliphatic carbocycles. The lowest BCUT2D eigenvalue weighted by Crippen LogP contribution is -1.74. The number of hydrogen-bond acceptors (Lipinski definition) is 1. The van der Waals surface area contributed by atoms with E-state index in [0.29, 0.717) is 0 Å². The molecule has 0 radical (unpaired) electrons. The molecule has 3 nitrogen and oxygen atoms in total. The number of rotatable bonds is 3. The van der Waals surface area contributed by atoms with Crippen molar-refractivity contribution in [3.63, 3.8) is 0 Å². The van der Waals surface area contributed by atoms with E-state index in [2.05, 4.69) is 6.58 Å². The van der Waals surface area contributed by atoms with Crippen LogP contribution < -0.4 is 0 Å². The van der Waals surface area contributed by atoms with Crippen LogP contribution in [0.15, 0.2) is 36.7 Å². The summed E-state index contributed by atoms with van der Waals surface area (Å²) < 4.78 is 10.5. The molecule has 0 atom stereocenters. The van der Waals surface area contributed by atoms with Crippen molar-refractivity contribution in [1.82, 2.24) is 0 Å². The summed E-state index contributed by atoms with van der Waals surface area (Å²) >= 11 is 0. The lowest BCUT2D eigenvalue weighted by atomic mass is 10.1. The lowest BCUT2D eigenvalue weighted by molar-refractivity contribution is 0.386. The van der Waals surface area contributed by atoms with Gasteiger partial charge < -0.3 is 9.79 Å². The van der Waals surface area contributed by atoms with Gasteiger partial charge in [-0.05, 0) is 17.2 Å². The zero-order chi connectivity index (χ0) is 10.6. The van der Waals surface area contributed by atoms with Crippen LogP contribution in [-0.4, -0.2) is 9.79 Å². The van der Waals surface area contributed by atoms with Gasteiger partial charge in [-0.15, -0.1) is 0 Å². The summed E-state index contributed by atoms with van der Waals surface area (Å²) in [5.41, 5.74) is 1.72. The summed E-state index contributed by atoms with van der Waals surface area (Å²) in [4.78, 5) is 17.2. The summed E-state index contributed by atoms with van der Waals surface area (Å²) in [6.07, 6.45) is 3.10. The standard InChI is InChI=1S/C10H11O3P/c1-2-9-3-5-10(6-4-9)7-8-14(11,12)13/h2-8H,1H2,(H2,11,12,13). The fraction of sp³-hybridized carbons (Fsp3) is 0. The van der Waals surface area contributed by atoms with E-state index in [0.717, 1.165) is 16.9 Å². The zero-order valence-electron chi connectivity index (χ0n) is 7.50. The highest BCUT2D eigenvalue weighted by Gasteiger charge is 2.04. The van der Waals surface area contributed by atoms with E-state index in [1.54, 1.807) is 18.2 Å². The molecule has 0 amide bonds. The minimum absolute atomic E-state index is 0.749. The van der Waals surface area contributed by atoms with Gasteiger partial charge in [-0.2, -0.15) is 0 Å². The first kappa shape index (κ1) is 10.9. The zero-order valence-corrected chi connectivity index (χ0v) is 8.39. The fourth-order valence-corrected chi connectivity index (χ4v) is 1.29. The largest absolute Gasteiger partial charge is 0.349 e. The van der Waals surface area contributed by atoms with E-state index < -0.39 is 7.60 Å². The van der Waals surface area contributed by atoms with E-state index in [4.69, 9.17) is 9.79 Å². The highest BCUT2D eigenvalue weighted by Crippen LogP contribution is 2.36. The van der Waals surface area contributed by atoms with Gasteiger partial charge in [-0.3, -0.25) is 4.57 Å². The van der Waals surface area contributed by atoms with E-state index in [1.807, 2.05) is 12.1 Å². The number of hydrogen-bond donors (Lipinski definition) is 2. The predicted octanol–water partition coefficient (Wildman–Crippen LogP) is 2.48. The van der Waals surface area contributed by atoms with Crippen molar-refractivity contribution in [2.75, 3.05) is 0 Å². The third-order valence-electron chi connectivity index (χ3n) is 1.63. The van der Waals surface area contributed by atoms with E-state index in [1.165, 1.54) is 6.08 Å². The number of benzene rings is 1. The van der Waals surface area contributed by atoms with Crippen LogP contribution in [0.3, 0.4) is 0 Å². The van der Waals surface area contributed by atoms with Gasteiger partial charge in [0.15, 0.2) is 0 Å². The average molecular weight is 210 g/mol. The van der Waals surface area contributed by atoms with Gasteiger partial charge in [-0.1, -0.05) is 36.9 Å². The van der Waals surface area contributed by atoms with Crippen LogP contribution in [0, 0.1) is 0 Å². The Balaban J connectivity index is 2.84. The molecule has 0 saturated heterocycles. The molecule has 1 aromatic carbocycles. The second kappa shape index (κ2) is 4.38.